The van der Waals surface area contributed by atoms with Gasteiger partial charge in [0.1, 0.15) is 6.61 Å². The summed E-state index contributed by atoms with van der Waals surface area (Å²) in [5.74, 6) is 0.180. The normalized spacial score (nSPS) is 20.9. The summed E-state index contributed by atoms with van der Waals surface area (Å²) >= 11 is 0. The van der Waals surface area contributed by atoms with Gasteiger partial charge in [0.25, 0.3) is 0 Å². The van der Waals surface area contributed by atoms with Crippen molar-refractivity contribution in [2.24, 2.45) is 0 Å². The predicted octanol–water partition coefficient (Wildman–Crippen LogP) is 2.32. The third-order valence-corrected chi connectivity index (χ3v) is 2.84. The zero-order valence-electron chi connectivity index (χ0n) is 9.03. The van der Waals surface area contributed by atoms with Crippen molar-refractivity contribution in [3.05, 3.63) is 35.4 Å². The number of ketones is 1. The molecule has 2 nitrogen and oxygen atoms in total. The molecule has 1 aliphatic heterocycles. The Morgan fingerprint density at radius 2 is 2.07 bits per heavy atom. The standard InChI is InChI=1S/C13H16O2/c1-2-3-10-4-6-11(7-5-10)12-8-15-9-13(12)14/h4-7,12H,2-3,8-9H2,1H3. The number of carbonyl (C=O) groups is 1. The van der Waals surface area contributed by atoms with Crippen molar-refractivity contribution in [3.8, 4) is 0 Å². The zero-order chi connectivity index (χ0) is 10.7. The Morgan fingerprint density at radius 3 is 2.60 bits per heavy atom. The van der Waals surface area contributed by atoms with E-state index in [1.165, 1.54) is 5.56 Å². The Kier molecular flexibility index (Phi) is 3.17. The van der Waals surface area contributed by atoms with Gasteiger partial charge < -0.3 is 4.74 Å². The molecule has 0 aromatic heterocycles. The molecule has 1 aromatic rings. The molecular formula is C13H16O2. The van der Waals surface area contributed by atoms with E-state index >= 15 is 0 Å². The van der Waals surface area contributed by atoms with Gasteiger partial charge in [0, 0.05) is 0 Å². The van der Waals surface area contributed by atoms with Gasteiger partial charge in [0.05, 0.1) is 12.5 Å². The van der Waals surface area contributed by atoms with Crippen molar-refractivity contribution in [3.63, 3.8) is 0 Å². The van der Waals surface area contributed by atoms with Gasteiger partial charge in [0.2, 0.25) is 0 Å². The van der Waals surface area contributed by atoms with Crippen molar-refractivity contribution in [2.75, 3.05) is 13.2 Å². The first-order valence-corrected chi connectivity index (χ1v) is 5.50. The third kappa shape index (κ3) is 2.26. The minimum Gasteiger partial charge on any atom is -0.373 e. The second kappa shape index (κ2) is 4.58. The average molecular weight is 204 g/mol. The molecule has 1 atom stereocenters. The molecule has 1 saturated heterocycles. The van der Waals surface area contributed by atoms with E-state index in [4.69, 9.17) is 4.74 Å². The molecule has 0 saturated carbocycles. The molecule has 2 heteroatoms. The molecule has 2 rings (SSSR count). The first-order valence-electron chi connectivity index (χ1n) is 5.50. The second-order valence-corrected chi connectivity index (χ2v) is 4.03. The molecule has 0 amide bonds. The number of ether oxygens (including phenoxy) is 1. The van der Waals surface area contributed by atoms with Gasteiger partial charge >= 0.3 is 0 Å². The highest BCUT2D eigenvalue weighted by Gasteiger charge is 2.26. The van der Waals surface area contributed by atoms with Gasteiger partial charge in [-0.05, 0) is 17.5 Å². The van der Waals surface area contributed by atoms with Gasteiger partial charge in [-0.3, -0.25) is 4.79 Å². The van der Waals surface area contributed by atoms with E-state index in [2.05, 4.69) is 31.2 Å². The summed E-state index contributed by atoms with van der Waals surface area (Å²) < 4.78 is 5.15. The lowest BCUT2D eigenvalue weighted by molar-refractivity contribution is -0.118. The Balaban J connectivity index is 2.12. The molecule has 0 bridgehead atoms. The van der Waals surface area contributed by atoms with Gasteiger partial charge in [-0.1, -0.05) is 37.6 Å². The lowest BCUT2D eigenvalue weighted by Crippen LogP contribution is -2.08. The highest BCUT2D eigenvalue weighted by atomic mass is 16.5. The van der Waals surface area contributed by atoms with Gasteiger partial charge in [-0.2, -0.15) is 0 Å². The van der Waals surface area contributed by atoms with Crippen LogP contribution in [0.15, 0.2) is 24.3 Å². The van der Waals surface area contributed by atoms with Gasteiger partial charge in [-0.25, -0.2) is 0 Å². The molecule has 0 aliphatic carbocycles. The molecule has 1 fully saturated rings. The van der Waals surface area contributed by atoms with Crippen molar-refractivity contribution in [1.82, 2.24) is 0 Å². The van der Waals surface area contributed by atoms with Crippen molar-refractivity contribution in [2.45, 2.75) is 25.7 Å². The predicted molar refractivity (Wildman–Crippen MR) is 59.0 cm³/mol. The van der Waals surface area contributed by atoms with Gasteiger partial charge in [-0.15, -0.1) is 0 Å². The molecule has 80 valence electrons. The number of aryl methyl sites for hydroxylation is 1. The number of rotatable bonds is 3. The molecule has 1 heterocycles. The molecule has 0 spiro atoms. The van der Waals surface area contributed by atoms with E-state index in [0.717, 1.165) is 18.4 Å². The Labute approximate surface area is 90.3 Å². The van der Waals surface area contributed by atoms with Crippen LogP contribution in [0, 0.1) is 0 Å². The minimum absolute atomic E-state index is 0.0272. The fourth-order valence-electron chi connectivity index (χ4n) is 1.96. The second-order valence-electron chi connectivity index (χ2n) is 4.03. The van der Waals surface area contributed by atoms with Crippen LogP contribution in [0.5, 0.6) is 0 Å². The minimum atomic E-state index is -0.0272. The number of benzene rings is 1. The quantitative estimate of drug-likeness (QED) is 0.755. The van der Waals surface area contributed by atoms with Crippen LogP contribution in [0.3, 0.4) is 0 Å². The summed E-state index contributed by atoms with van der Waals surface area (Å²) in [5.41, 5.74) is 2.44. The van der Waals surface area contributed by atoms with Crippen LogP contribution >= 0.6 is 0 Å². The Morgan fingerprint density at radius 1 is 1.33 bits per heavy atom. The van der Waals surface area contributed by atoms with E-state index in [1.807, 2.05) is 0 Å². The van der Waals surface area contributed by atoms with Crippen LogP contribution < -0.4 is 0 Å². The highest BCUT2D eigenvalue weighted by molar-refractivity contribution is 5.88. The Bertz CT molecular complexity index is 340. The van der Waals surface area contributed by atoms with Crippen molar-refractivity contribution in [1.29, 1.82) is 0 Å². The van der Waals surface area contributed by atoms with E-state index in [1.54, 1.807) is 0 Å². The molecular weight excluding hydrogens is 188 g/mol. The van der Waals surface area contributed by atoms with Crippen LogP contribution in [-0.4, -0.2) is 19.0 Å². The highest BCUT2D eigenvalue weighted by Crippen LogP contribution is 2.22. The number of Topliss-reactive ketones (excluding diaryl/α,β-unsaturated/α-hetero) is 1. The summed E-state index contributed by atoms with van der Waals surface area (Å²) in [6, 6.07) is 8.35. The van der Waals surface area contributed by atoms with Gasteiger partial charge in [0.15, 0.2) is 5.78 Å². The number of carbonyl (C=O) groups excluding carboxylic acids is 1. The molecule has 1 unspecified atom stereocenters. The van der Waals surface area contributed by atoms with E-state index in [-0.39, 0.29) is 18.3 Å². The fraction of sp³-hybridized carbons (Fsp3) is 0.462. The topological polar surface area (TPSA) is 26.3 Å². The SMILES string of the molecule is CCCc1ccc(C2COCC2=O)cc1. The van der Waals surface area contributed by atoms with Crippen LogP contribution in [0.1, 0.15) is 30.4 Å². The van der Waals surface area contributed by atoms with Crippen molar-refractivity contribution < 1.29 is 9.53 Å². The Hall–Kier alpha value is -1.15. The maximum atomic E-state index is 11.5. The van der Waals surface area contributed by atoms with Crippen LogP contribution in [0.25, 0.3) is 0 Å². The van der Waals surface area contributed by atoms with E-state index < -0.39 is 0 Å². The summed E-state index contributed by atoms with van der Waals surface area (Å²) in [4.78, 5) is 11.5. The summed E-state index contributed by atoms with van der Waals surface area (Å²) in [7, 11) is 0. The molecule has 1 aromatic carbocycles. The lowest BCUT2D eigenvalue weighted by Gasteiger charge is -2.07. The van der Waals surface area contributed by atoms with E-state index in [0.29, 0.717) is 6.61 Å². The summed E-state index contributed by atoms with van der Waals surface area (Å²) in [5, 5.41) is 0. The summed E-state index contributed by atoms with van der Waals surface area (Å²) in [6.07, 6.45) is 2.26. The number of hydrogen-bond acceptors (Lipinski definition) is 2. The lowest BCUT2D eigenvalue weighted by atomic mass is 9.96. The third-order valence-electron chi connectivity index (χ3n) is 2.84. The maximum absolute atomic E-state index is 11.5. The molecule has 0 radical (unpaired) electrons. The van der Waals surface area contributed by atoms with Crippen LogP contribution in [-0.2, 0) is 16.0 Å². The van der Waals surface area contributed by atoms with Crippen LogP contribution in [0.4, 0.5) is 0 Å². The smallest absolute Gasteiger partial charge is 0.168 e. The molecule has 0 N–H and O–H groups in total. The number of hydrogen-bond donors (Lipinski definition) is 0. The van der Waals surface area contributed by atoms with Crippen LogP contribution in [0.2, 0.25) is 0 Å². The zero-order valence-corrected chi connectivity index (χ0v) is 9.03. The first-order chi connectivity index (χ1) is 7.31. The average Bonchev–Trinajstić information content (AvgIpc) is 2.66. The first kappa shape index (κ1) is 10.4. The van der Waals surface area contributed by atoms with E-state index in [9.17, 15) is 4.79 Å². The fourth-order valence-corrected chi connectivity index (χ4v) is 1.96. The monoisotopic (exact) mass is 204 g/mol. The largest absolute Gasteiger partial charge is 0.373 e. The molecule has 15 heavy (non-hydrogen) atoms. The summed E-state index contributed by atoms with van der Waals surface area (Å²) in [6.45, 7) is 3.00. The molecule has 1 aliphatic rings. The maximum Gasteiger partial charge on any atom is 0.168 e. The van der Waals surface area contributed by atoms with Crippen molar-refractivity contribution >= 4 is 5.78 Å².